The average molecular weight is 405 g/mol. The lowest BCUT2D eigenvalue weighted by atomic mass is 10.1. The standard InChI is InChI=1S/C18H19N3O6S/c1-11(16(22)12-6-8-14(9-7-12)21-28(2,25)26)27-17(23)13-4-3-5-15(10-13)20-18(19)24/h3-11,21H,1-2H3,(H3,19,20,24)/t11-/m0/s1. The van der Waals surface area contributed by atoms with Crippen molar-refractivity contribution in [2.24, 2.45) is 5.73 Å². The molecule has 0 aliphatic carbocycles. The Morgan fingerprint density at radius 1 is 1.00 bits per heavy atom. The SMILES string of the molecule is C[C@H](OC(=O)c1cccc(NC(N)=O)c1)C(=O)c1ccc(NS(C)(=O)=O)cc1. The van der Waals surface area contributed by atoms with Crippen molar-refractivity contribution in [1.82, 2.24) is 0 Å². The van der Waals surface area contributed by atoms with Gasteiger partial charge in [0.15, 0.2) is 6.10 Å². The zero-order valence-electron chi connectivity index (χ0n) is 15.1. The van der Waals surface area contributed by atoms with E-state index in [0.29, 0.717) is 11.4 Å². The fourth-order valence-corrected chi connectivity index (χ4v) is 2.86. The van der Waals surface area contributed by atoms with Gasteiger partial charge in [-0.1, -0.05) is 6.07 Å². The number of carbonyl (C=O) groups excluding carboxylic acids is 3. The van der Waals surface area contributed by atoms with Crippen molar-refractivity contribution in [2.75, 3.05) is 16.3 Å². The van der Waals surface area contributed by atoms with Gasteiger partial charge in [0.2, 0.25) is 15.8 Å². The van der Waals surface area contributed by atoms with E-state index in [1.54, 1.807) is 6.07 Å². The highest BCUT2D eigenvalue weighted by molar-refractivity contribution is 7.92. The second-order valence-electron chi connectivity index (χ2n) is 5.93. The van der Waals surface area contributed by atoms with Gasteiger partial charge >= 0.3 is 12.0 Å². The molecule has 4 N–H and O–H groups in total. The van der Waals surface area contributed by atoms with Crippen LogP contribution >= 0.6 is 0 Å². The summed E-state index contributed by atoms with van der Waals surface area (Å²) in [6, 6.07) is 10.9. The van der Waals surface area contributed by atoms with Crippen LogP contribution in [-0.4, -0.2) is 38.6 Å². The molecule has 2 rings (SSSR count). The smallest absolute Gasteiger partial charge is 0.338 e. The first-order chi connectivity index (χ1) is 13.0. The summed E-state index contributed by atoms with van der Waals surface area (Å²) < 4.78 is 29.9. The van der Waals surface area contributed by atoms with Crippen LogP contribution in [-0.2, 0) is 14.8 Å². The molecule has 0 spiro atoms. The summed E-state index contributed by atoms with van der Waals surface area (Å²) in [5, 5.41) is 2.34. The second kappa shape index (κ2) is 8.53. The molecule has 10 heteroatoms. The molecule has 0 aliphatic heterocycles. The van der Waals surface area contributed by atoms with E-state index >= 15 is 0 Å². The first kappa shape index (κ1) is 20.9. The van der Waals surface area contributed by atoms with Crippen LogP contribution in [0.15, 0.2) is 48.5 Å². The molecule has 2 aromatic carbocycles. The zero-order valence-corrected chi connectivity index (χ0v) is 15.9. The topological polar surface area (TPSA) is 145 Å². The van der Waals surface area contributed by atoms with E-state index in [-0.39, 0.29) is 11.1 Å². The minimum Gasteiger partial charge on any atom is -0.451 e. The third-order valence-corrected chi connectivity index (χ3v) is 4.10. The molecular formula is C18H19N3O6S. The van der Waals surface area contributed by atoms with Crippen LogP contribution in [0, 0.1) is 0 Å². The number of nitrogens with two attached hydrogens (primary N) is 1. The van der Waals surface area contributed by atoms with E-state index in [0.717, 1.165) is 6.26 Å². The molecule has 0 aliphatic rings. The Kier molecular flexibility index (Phi) is 6.37. The highest BCUT2D eigenvalue weighted by Gasteiger charge is 2.21. The number of urea groups is 1. The lowest BCUT2D eigenvalue weighted by Gasteiger charge is -2.13. The molecule has 9 nitrogen and oxygen atoms in total. The quantitative estimate of drug-likeness (QED) is 0.474. The van der Waals surface area contributed by atoms with Gasteiger partial charge in [-0.3, -0.25) is 9.52 Å². The lowest BCUT2D eigenvalue weighted by Crippen LogP contribution is -2.24. The summed E-state index contributed by atoms with van der Waals surface area (Å²) in [4.78, 5) is 35.6. The Hall–Kier alpha value is -3.40. The molecular weight excluding hydrogens is 386 g/mol. The number of Topliss-reactive ketones (excluding diaryl/α,β-unsaturated/α-hetero) is 1. The number of ether oxygens (including phenoxy) is 1. The second-order valence-corrected chi connectivity index (χ2v) is 7.68. The molecule has 0 aromatic heterocycles. The predicted octanol–water partition coefficient (Wildman–Crippen LogP) is 1.98. The maximum atomic E-state index is 12.4. The number of hydrogen-bond donors (Lipinski definition) is 3. The van der Waals surface area contributed by atoms with Crippen LogP contribution in [0.1, 0.15) is 27.6 Å². The summed E-state index contributed by atoms with van der Waals surface area (Å²) in [6.07, 6.45) is -0.0596. The molecule has 2 aromatic rings. The molecule has 0 saturated carbocycles. The maximum Gasteiger partial charge on any atom is 0.338 e. The van der Waals surface area contributed by atoms with Crippen LogP contribution in [0.3, 0.4) is 0 Å². The highest BCUT2D eigenvalue weighted by atomic mass is 32.2. The van der Waals surface area contributed by atoms with Gasteiger partial charge in [-0.05, 0) is 49.4 Å². The number of primary amides is 1. The first-order valence-corrected chi connectivity index (χ1v) is 9.94. The number of ketones is 1. The molecule has 148 valence electrons. The van der Waals surface area contributed by atoms with Gasteiger partial charge in [-0.15, -0.1) is 0 Å². The summed E-state index contributed by atoms with van der Waals surface area (Å²) in [7, 11) is -3.42. The third kappa shape index (κ3) is 6.09. The van der Waals surface area contributed by atoms with Crippen molar-refractivity contribution in [3.8, 4) is 0 Å². The van der Waals surface area contributed by atoms with E-state index in [1.807, 2.05) is 0 Å². The lowest BCUT2D eigenvalue weighted by molar-refractivity contribution is 0.0319. The number of benzene rings is 2. The van der Waals surface area contributed by atoms with Crippen molar-refractivity contribution in [2.45, 2.75) is 13.0 Å². The maximum absolute atomic E-state index is 12.4. The van der Waals surface area contributed by atoms with Gasteiger partial charge in [0.25, 0.3) is 0 Å². The largest absolute Gasteiger partial charge is 0.451 e. The van der Waals surface area contributed by atoms with Crippen LogP contribution in [0.5, 0.6) is 0 Å². The van der Waals surface area contributed by atoms with Gasteiger partial charge in [-0.2, -0.15) is 0 Å². The van der Waals surface area contributed by atoms with Crippen molar-refractivity contribution in [3.05, 3.63) is 59.7 Å². The van der Waals surface area contributed by atoms with E-state index in [2.05, 4.69) is 10.0 Å². The first-order valence-electron chi connectivity index (χ1n) is 8.05. The minimum absolute atomic E-state index is 0.138. The summed E-state index contributed by atoms with van der Waals surface area (Å²) in [5.74, 6) is -1.20. The molecule has 1 atom stereocenters. The third-order valence-electron chi connectivity index (χ3n) is 3.49. The summed E-state index contributed by atoms with van der Waals surface area (Å²) >= 11 is 0. The molecule has 0 radical (unpaired) electrons. The van der Waals surface area contributed by atoms with E-state index in [9.17, 15) is 22.8 Å². The Labute approximate surface area is 161 Å². The van der Waals surface area contributed by atoms with Gasteiger partial charge in [-0.25, -0.2) is 18.0 Å². The van der Waals surface area contributed by atoms with E-state index in [4.69, 9.17) is 10.5 Å². The molecule has 28 heavy (non-hydrogen) atoms. The number of sulfonamides is 1. The van der Waals surface area contributed by atoms with E-state index in [1.165, 1.54) is 49.4 Å². The number of amides is 2. The Morgan fingerprint density at radius 2 is 1.64 bits per heavy atom. The summed E-state index contributed by atoms with van der Waals surface area (Å²) in [5.41, 5.74) is 6.04. The molecule has 0 fully saturated rings. The van der Waals surface area contributed by atoms with Crippen molar-refractivity contribution in [1.29, 1.82) is 0 Å². The number of anilines is 2. The summed E-state index contributed by atoms with van der Waals surface area (Å²) in [6.45, 7) is 1.43. The Morgan fingerprint density at radius 3 is 2.21 bits per heavy atom. The highest BCUT2D eigenvalue weighted by Crippen LogP contribution is 2.16. The number of hydrogen-bond acceptors (Lipinski definition) is 6. The molecule has 2 amide bonds. The monoisotopic (exact) mass is 405 g/mol. The van der Waals surface area contributed by atoms with E-state index < -0.39 is 33.9 Å². The fourth-order valence-electron chi connectivity index (χ4n) is 2.30. The van der Waals surface area contributed by atoms with Gasteiger partial charge < -0.3 is 15.8 Å². The van der Waals surface area contributed by atoms with Gasteiger partial charge in [0, 0.05) is 16.9 Å². The number of rotatable bonds is 7. The molecule has 0 bridgehead atoms. The molecule has 0 saturated heterocycles. The Balaban J connectivity index is 2.05. The number of nitrogens with one attached hydrogen (secondary N) is 2. The van der Waals surface area contributed by atoms with Crippen LogP contribution in [0.2, 0.25) is 0 Å². The Bertz CT molecular complexity index is 1000. The minimum atomic E-state index is -3.42. The normalized spacial score (nSPS) is 11.9. The molecule has 0 unspecified atom stereocenters. The molecule has 0 heterocycles. The van der Waals surface area contributed by atoms with Crippen molar-refractivity contribution >= 4 is 39.2 Å². The van der Waals surface area contributed by atoms with Gasteiger partial charge in [0.1, 0.15) is 0 Å². The van der Waals surface area contributed by atoms with Crippen molar-refractivity contribution < 1.29 is 27.5 Å². The van der Waals surface area contributed by atoms with Crippen LogP contribution in [0.25, 0.3) is 0 Å². The van der Waals surface area contributed by atoms with Crippen LogP contribution < -0.4 is 15.8 Å². The average Bonchev–Trinajstić information content (AvgIpc) is 2.60. The number of carbonyl (C=O) groups is 3. The van der Waals surface area contributed by atoms with Gasteiger partial charge in [0.05, 0.1) is 11.8 Å². The zero-order chi connectivity index (χ0) is 20.9. The number of esters is 1. The fraction of sp³-hybridized carbons (Fsp3) is 0.167. The predicted molar refractivity (Wildman–Crippen MR) is 104 cm³/mol. The van der Waals surface area contributed by atoms with Crippen LogP contribution in [0.4, 0.5) is 16.2 Å². The van der Waals surface area contributed by atoms with Crippen molar-refractivity contribution in [3.63, 3.8) is 0 Å².